The summed E-state index contributed by atoms with van der Waals surface area (Å²) in [5.41, 5.74) is 1.75. The molecule has 6 heteroatoms. The minimum atomic E-state index is 0.481. The molecule has 0 bridgehead atoms. The zero-order valence-corrected chi connectivity index (χ0v) is 11.0. The monoisotopic (exact) mass is 268 g/mol. The highest BCUT2D eigenvalue weighted by Gasteiger charge is 2.07. The molecule has 0 saturated carbocycles. The van der Waals surface area contributed by atoms with Crippen LogP contribution >= 0.6 is 23.4 Å². The number of thioether (sulfide) groups is 1. The van der Waals surface area contributed by atoms with Crippen LogP contribution in [0.5, 0.6) is 0 Å². The predicted octanol–water partition coefficient (Wildman–Crippen LogP) is 2.70. The number of halogens is 1. The van der Waals surface area contributed by atoms with Crippen LogP contribution in [0, 0.1) is 0 Å². The van der Waals surface area contributed by atoms with E-state index in [0.29, 0.717) is 5.15 Å². The summed E-state index contributed by atoms with van der Waals surface area (Å²) in [7, 11) is 0. The molecule has 17 heavy (non-hydrogen) atoms. The zero-order chi connectivity index (χ0) is 12.1. The van der Waals surface area contributed by atoms with E-state index < -0.39 is 0 Å². The van der Waals surface area contributed by atoms with Crippen molar-refractivity contribution in [3.8, 4) is 5.69 Å². The molecule has 0 spiro atoms. The number of nitrogens with zero attached hydrogens (tertiary/aromatic N) is 3. The van der Waals surface area contributed by atoms with Gasteiger partial charge in [0.2, 0.25) is 0 Å². The minimum Gasteiger partial charge on any atom is -0.380 e. The van der Waals surface area contributed by atoms with Gasteiger partial charge in [0.1, 0.15) is 0 Å². The van der Waals surface area contributed by atoms with Crippen LogP contribution in [0.2, 0.25) is 5.15 Å². The third-order valence-corrected chi connectivity index (χ3v) is 3.09. The average Bonchev–Trinajstić information content (AvgIpc) is 2.73. The number of aromatic nitrogens is 3. The Kier molecular flexibility index (Phi) is 4.28. The van der Waals surface area contributed by atoms with E-state index in [2.05, 4.69) is 21.7 Å². The number of hydrogen-bond donors (Lipinski definition) is 1. The maximum absolute atomic E-state index is 6.05. The third-order valence-electron chi connectivity index (χ3n) is 2.20. The first-order chi connectivity index (χ1) is 8.31. The van der Waals surface area contributed by atoms with Crippen molar-refractivity contribution in [2.75, 3.05) is 23.9 Å². The summed E-state index contributed by atoms with van der Waals surface area (Å²) < 4.78 is 1.72. The summed E-state index contributed by atoms with van der Waals surface area (Å²) in [6.45, 7) is 0.875. The summed E-state index contributed by atoms with van der Waals surface area (Å²) in [4.78, 5) is 4.05. The summed E-state index contributed by atoms with van der Waals surface area (Å²) in [6, 6.07) is 3.80. The lowest BCUT2D eigenvalue weighted by Gasteiger charge is -2.01. The van der Waals surface area contributed by atoms with Crippen molar-refractivity contribution < 1.29 is 0 Å². The van der Waals surface area contributed by atoms with Crippen LogP contribution in [0.4, 0.5) is 5.69 Å². The molecular formula is C11H13ClN4S. The second kappa shape index (κ2) is 5.93. The quantitative estimate of drug-likeness (QED) is 0.847. The van der Waals surface area contributed by atoms with Gasteiger partial charge in [-0.3, -0.25) is 4.98 Å². The Morgan fingerprint density at radius 2 is 2.41 bits per heavy atom. The molecule has 1 N–H and O–H groups in total. The van der Waals surface area contributed by atoms with Crippen LogP contribution in [-0.2, 0) is 0 Å². The zero-order valence-electron chi connectivity index (χ0n) is 9.43. The van der Waals surface area contributed by atoms with Gasteiger partial charge in [0, 0.05) is 18.5 Å². The van der Waals surface area contributed by atoms with Crippen molar-refractivity contribution in [1.29, 1.82) is 0 Å². The van der Waals surface area contributed by atoms with Crippen molar-refractivity contribution in [1.82, 2.24) is 14.8 Å². The van der Waals surface area contributed by atoms with E-state index in [1.807, 2.05) is 18.3 Å². The first-order valence-corrected chi connectivity index (χ1v) is 6.97. The van der Waals surface area contributed by atoms with Crippen molar-refractivity contribution in [3.05, 3.63) is 35.9 Å². The number of pyridine rings is 1. The molecule has 0 aliphatic heterocycles. The van der Waals surface area contributed by atoms with Gasteiger partial charge in [-0.1, -0.05) is 11.6 Å². The van der Waals surface area contributed by atoms with Crippen LogP contribution in [0.1, 0.15) is 0 Å². The van der Waals surface area contributed by atoms with Gasteiger partial charge in [-0.25, -0.2) is 4.68 Å². The largest absolute Gasteiger partial charge is 0.380 e. The van der Waals surface area contributed by atoms with E-state index in [1.165, 1.54) is 0 Å². The minimum absolute atomic E-state index is 0.481. The van der Waals surface area contributed by atoms with Crippen molar-refractivity contribution in [3.63, 3.8) is 0 Å². The highest BCUT2D eigenvalue weighted by Crippen LogP contribution is 2.21. The van der Waals surface area contributed by atoms with E-state index in [4.69, 9.17) is 11.6 Å². The van der Waals surface area contributed by atoms with Gasteiger partial charge in [0.25, 0.3) is 0 Å². The first-order valence-electron chi connectivity index (χ1n) is 5.19. The Bertz CT molecular complexity index is 472. The predicted molar refractivity (Wildman–Crippen MR) is 73.2 cm³/mol. The van der Waals surface area contributed by atoms with Gasteiger partial charge >= 0.3 is 0 Å². The number of nitrogens with one attached hydrogen (secondary N) is 1. The van der Waals surface area contributed by atoms with E-state index in [9.17, 15) is 0 Å². The van der Waals surface area contributed by atoms with Crippen LogP contribution < -0.4 is 5.32 Å². The normalized spacial score (nSPS) is 10.5. The molecular weight excluding hydrogens is 256 g/mol. The second-order valence-corrected chi connectivity index (χ2v) is 4.75. The lowest BCUT2D eigenvalue weighted by molar-refractivity contribution is 0.874. The Morgan fingerprint density at radius 1 is 1.53 bits per heavy atom. The summed E-state index contributed by atoms with van der Waals surface area (Å²) in [5.74, 6) is 1.04. The van der Waals surface area contributed by atoms with Gasteiger partial charge in [-0.15, -0.1) is 0 Å². The fraction of sp³-hybridized carbons (Fsp3) is 0.273. The molecule has 0 aromatic carbocycles. The molecule has 90 valence electrons. The van der Waals surface area contributed by atoms with Crippen molar-refractivity contribution >= 4 is 29.1 Å². The molecule has 4 nitrogen and oxygen atoms in total. The lowest BCUT2D eigenvalue weighted by atomic mass is 10.4. The van der Waals surface area contributed by atoms with Gasteiger partial charge in [0.05, 0.1) is 23.8 Å². The summed E-state index contributed by atoms with van der Waals surface area (Å²) in [5, 5.41) is 7.96. The first kappa shape index (κ1) is 12.3. The van der Waals surface area contributed by atoms with Gasteiger partial charge in [-0.2, -0.15) is 16.9 Å². The van der Waals surface area contributed by atoms with Crippen LogP contribution in [0.25, 0.3) is 5.69 Å². The fourth-order valence-corrected chi connectivity index (χ4v) is 1.88. The Hall–Kier alpha value is -1.20. The van der Waals surface area contributed by atoms with E-state index in [-0.39, 0.29) is 0 Å². The van der Waals surface area contributed by atoms with Gasteiger partial charge < -0.3 is 5.32 Å². The van der Waals surface area contributed by atoms with Gasteiger partial charge in [0.15, 0.2) is 5.15 Å². The smallest absolute Gasteiger partial charge is 0.174 e. The lowest BCUT2D eigenvalue weighted by Crippen LogP contribution is -2.03. The highest BCUT2D eigenvalue weighted by atomic mass is 35.5. The molecule has 0 amide bonds. The second-order valence-electron chi connectivity index (χ2n) is 3.41. The SMILES string of the molecule is CSCCNc1cn(-c2cccnc2)nc1Cl. The van der Waals surface area contributed by atoms with Crippen LogP contribution in [-0.4, -0.2) is 33.3 Å². The van der Waals surface area contributed by atoms with Gasteiger partial charge in [-0.05, 0) is 18.4 Å². The van der Waals surface area contributed by atoms with Crippen molar-refractivity contribution in [2.45, 2.75) is 0 Å². The van der Waals surface area contributed by atoms with Crippen molar-refractivity contribution in [2.24, 2.45) is 0 Å². The summed E-state index contributed by atoms with van der Waals surface area (Å²) >= 11 is 7.84. The standard InChI is InChI=1S/C11H13ClN4S/c1-17-6-5-14-10-8-16(15-11(10)12)9-3-2-4-13-7-9/h2-4,7-8,14H,5-6H2,1H3. The number of anilines is 1. The van der Waals surface area contributed by atoms with E-state index in [0.717, 1.165) is 23.7 Å². The highest BCUT2D eigenvalue weighted by molar-refractivity contribution is 7.98. The Morgan fingerprint density at radius 3 is 3.12 bits per heavy atom. The molecule has 0 radical (unpaired) electrons. The molecule has 0 fully saturated rings. The van der Waals surface area contributed by atoms with E-state index in [1.54, 1.807) is 28.8 Å². The molecule has 2 heterocycles. The molecule has 0 aliphatic rings. The Balaban J connectivity index is 2.13. The maximum atomic E-state index is 6.05. The molecule has 0 atom stereocenters. The molecule has 2 aromatic heterocycles. The number of rotatable bonds is 5. The van der Waals surface area contributed by atoms with Crippen LogP contribution in [0.3, 0.4) is 0 Å². The molecule has 0 aliphatic carbocycles. The third kappa shape index (κ3) is 3.14. The summed E-state index contributed by atoms with van der Waals surface area (Å²) in [6.07, 6.45) is 7.42. The molecule has 2 rings (SSSR count). The molecule has 0 saturated heterocycles. The maximum Gasteiger partial charge on any atom is 0.174 e. The van der Waals surface area contributed by atoms with E-state index >= 15 is 0 Å². The molecule has 0 unspecified atom stereocenters. The average molecular weight is 269 g/mol. The number of hydrogen-bond acceptors (Lipinski definition) is 4. The molecule has 2 aromatic rings. The fourth-order valence-electron chi connectivity index (χ4n) is 1.38. The van der Waals surface area contributed by atoms with Crippen LogP contribution in [0.15, 0.2) is 30.7 Å². The topological polar surface area (TPSA) is 42.7 Å². The Labute approximate surface area is 109 Å².